The molecule has 0 bridgehead atoms. The Bertz CT molecular complexity index is 459. The van der Waals surface area contributed by atoms with E-state index >= 15 is 0 Å². The highest BCUT2D eigenvalue weighted by atomic mass is 32.1. The Hall–Kier alpha value is -1.35. The molecule has 0 aliphatic carbocycles. The lowest BCUT2D eigenvalue weighted by Crippen LogP contribution is -2.41. The van der Waals surface area contributed by atoms with Gasteiger partial charge in [-0.15, -0.1) is 6.42 Å². The van der Waals surface area contributed by atoms with Crippen molar-refractivity contribution in [3.05, 3.63) is 22.4 Å². The van der Waals surface area contributed by atoms with Crippen LogP contribution in [0.2, 0.25) is 0 Å². The number of nitrogens with one attached hydrogen (secondary N) is 1. The van der Waals surface area contributed by atoms with Gasteiger partial charge in [0, 0.05) is 12.5 Å². The minimum atomic E-state index is -0.619. The van der Waals surface area contributed by atoms with Crippen LogP contribution in [0.3, 0.4) is 0 Å². The van der Waals surface area contributed by atoms with E-state index < -0.39 is 6.10 Å². The van der Waals surface area contributed by atoms with E-state index in [-0.39, 0.29) is 18.4 Å². The van der Waals surface area contributed by atoms with Crippen molar-refractivity contribution in [1.29, 1.82) is 0 Å². The highest BCUT2D eigenvalue weighted by Crippen LogP contribution is 2.18. The monoisotopic (exact) mass is 292 g/mol. The summed E-state index contributed by atoms with van der Waals surface area (Å²) in [6.45, 7) is 2.68. The summed E-state index contributed by atoms with van der Waals surface area (Å²) in [4.78, 5) is 14.2. The molecular formula is C15H20N2O2S. The number of rotatable bonds is 5. The van der Waals surface area contributed by atoms with Crippen molar-refractivity contribution in [3.63, 3.8) is 0 Å². The summed E-state index contributed by atoms with van der Waals surface area (Å²) in [6, 6.07) is 1.87. The minimum absolute atomic E-state index is 0.0405. The van der Waals surface area contributed by atoms with Gasteiger partial charge in [-0.25, -0.2) is 0 Å². The zero-order valence-corrected chi connectivity index (χ0v) is 12.2. The predicted octanol–water partition coefficient (Wildman–Crippen LogP) is 1.24. The number of nitrogens with zero attached hydrogens (tertiary/aromatic N) is 1. The van der Waals surface area contributed by atoms with Gasteiger partial charge in [-0.2, -0.15) is 11.3 Å². The molecule has 4 nitrogen and oxygen atoms in total. The molecule has 0 aromatic carbocycles. The summed E-state index contributed by atoms with van der Waals surface area (Å²) in [6.07, 6.45) is 6.34. The number of hydrogen-bond donors (Lipinski definition) is 2. The van der Waals surface area contributed by atoms with Crippen molar-refractivity contribution in [2.24, 2.45) is 5.92 Å². The molecule has 2 N–H and O–H groups in total. The Morgan fingerprint density at radius 3 is 2.95 bits per heavy atom. The van der Waals surface area contributed by atoms with E-state index in [0.29, 0.717) is 6.54 Å². The Morgan fingerprint density at radius 2 is 2.35 bits per heavy atom. The molecule has 1 atom stereocenters. The Balaban J connectivity index is 1.72. The van der Waals surface area contributed by atoms with Crippen molar-refractivity contribution in [2.75, 3.05) is 26.2 Å². The molecule has 0 radical (unpaired) electrons. The van der Waals surface area contributed by atoms with Gasteiger partial charge in [-0.05, 0) is 48.3 Å². The second-order valence-electron chi connectivity index (χ2n) is 5.07. The number of aliphatic hydroxyl groups excluding tert-OH is 1. The van der Waals surface area contributed by atoms with Crippen molar-refractivity contribution < 1.29 is 9.90 Å². The number of aliphatic hydroxyl groups is 1. The summed E-state index contributed by atoms with van der Waals surface area (Å²) in [5.41, 5.74) is 0.860. The number of thiophene rings is 1. The van der Waals surface area contributed by atoms with Crippen molar-refractivity contribution in [1.82, 2.24) is 10.2 Å². The Morgan fingerprint density at radius 1 is 1.60 bits per heavy atom. The van der Waals surface area contributed by atoms with Gasteiger partial charge in [0.05, 0.1) is 12.6 Å². The number of terminal acetylenes is 1. The molecule has 1 aliphatic heterocycles. The largest absolute Gasteiger partial charge is 0.387 e. The van der Waals surface area contributed by atoms with Gasteiger partial charge < -0.3 is 10.4 Å². The van der Waals surface area contributed by atoms with Crippen molar-refractivity contribution in [3.8, 4) is 12.3 Å². The molecule has 2 rings (SSSR count). The molecule has 1 fully saturated rings. The van der Waals surface area contributed by atoms with Gasteiger partial charge in [0.1, 0.15) is 0 Å². The van der Waals surface area contributed by atoms with Crippen LogP contribution in [0, 0.1) is 18.3 Å². The second-order valence-corrected chi connectivity index (χ2v) is 5.85. The van der Waals surface area contributed by atoms with Gasteiger partial charge in [-0.3, -0.25) is 9.69 Å². The fourth-order valence-electron chi connectivity index (χ4n) is 2.41. The molecule has 5 heteroatoms. The molecule has 2 heterocycles. The maximum Gasteiger partial charge on any atom is 0.223 e. The molecule has 1 aliphatic rings. The van der Waals surface area contributed by atoms with E-state index in [4.69, 9.17) is 6.42 Å². The van der Waals surface area contributed by atoms with Crippen molar-refractivity contribution in [2.45, 2.75) is 18.9 Å². The molecule has 1 unspecified atom stereocenters. The summed E-state index contributed by atoms with van der Waals surface area (Å²) >= 11 is 1.54. The molecule has 1 aromatic heterocycles. The van der Waals surface area contributed by atoms with E-state index in [2.05, 4.69) is 16.1 Å². The first-order valence-corrected chi connectivity index (χ1v) is 7.78. The summed E-state index contributed by atoms with van der Waals surface area (Å²) in [7, 11) is 0. The third kappa shape index (κ3) is 4.07. The highest BCUT2D eigenvalue weighted by Gasteiger charge is 2.24. The first-order valence-electron chi connectivity index (χ1n) is 6.84. The van der Waals surface area contributed by atoms with Crippen LogP contribution in [0.5, 0.6) is 0 Å². The molecule has 108 valence electrons. The standard InChI is InChI=1S/C15H20N2O2S/c1-2-6-17-7-3-12(4-8-17)15(19)16-10-14(18)13-5-9-20-11-13/h1,5,9,11-12,14,18H,3-4,6-8,10H2,(H,16,19). The SMILES string of the molecule is C#CCN1CCC(C(=O)NCC(O)c2ccsc2)CC1. The molecule has 0 spiro atoms. The lowest BCUT2D eigenvalue weighted by Gasteiger charge is -2.29. The van der Waals surface area contributed by atoms with Gasteiger partial charge in [0.25, 0.3) is 0 Å². The van der Waals surface area contributed by atoms with Gasteiger partial charge >= 0.3 is 0 Å². The summed E-state index contributed by atoms with van der Waals surface area (Å²) < 4.78 is 0. The van der Waals surface area contributed by atoms with E-state index in [1.54, 1.807) is 11.3 Å². The minimum Gasteiger partial charge on any atom is -0.387 e. The Labute approximate surface area is 123 Å². The first-order chi connectivity index (χ1) is 9.70. The van der Waals surface area contributed by atoms with Crippen LogP contribution in [0.25, 0.3) is 0 Å². The van der Waals surface area contributed by atoms with Crippen LogP contribution < -0.4 is 5.32 Å². The fourth-order valence-corrected chi connectivity index (χ4v) is 3.11. The maximum atomic E-state index is 12.1. The molecule has 1 aromatic rings. The lowest BCUT2D eigenvalue weighted by molar-refractivity contribution is -0.126. The number of hydrogen-bond acceptors (Lipinski definition) is 4. The topological polar surface area (TPSA) is 52.6 Å². The van der Waals surface area contributed by atoms with Crippen LogP contribution in [0.15, 0.2) is 16.8 Å². The number of amides is 1. The highest BCUT2D eigenvalue weighted by molar-refractivity contribution is 7.07. The maximum absolute atomic E-state index is 12.1. The average molecular weight is 292 g/mol. The molecule has 0 saturated carbocycles. The van der Waals surface area contributed by atoms with E-state index in [0.717, 1.165) is 31.5 Å². The van der Waals surface area contributed by atoms with Crippen LogP contribution in [-0.2, 0) is 4.79 Å². The number of piperidine rings is 1. The summed E-state index contributed by atoms with van der Waals surface area (Å²) in [5, 5.41) is 16.6. The lowest BCUT2D eigenvalue weighted by atomic mass is 9.96. The quantitative estimate of drug-likeness (QED) is 0.803. The van der Waals surface area contributed by atoms with Crippen LogP contribution in [0.4, 0.5) is 0 Å². The number of carbonyl (C=O) groups is 1. The van der Waals surface area contributed by atoms with Gasteiger partial charge in [-0.1, -0.05) is 5.92 Å². The van der Waals surface area contributed by atoms with Gasteiger partial charge in [0.15, 0.2) is 0 Å². The van der Waals surface area contributed by atoms with Crippen molar-refractivity contribution >= 4 is 17.2 Å². The molecular weight excluding hydrogens is 272 g/mol. The summed E-state index contributed by atoms with van der Waals surface area (Å²) in [5.74, 6) is 2.71. The normalized spacial score (nSPS) is 18.4. The molecule has 1 saturated heterocycles. The molecule has 1 amide bonds. The first kappa shape index (κ1) is 15.0. The zero-order chi connectivity index (χ0) is 14.4. The average Bonchev–Trinajstić information content (AvgIpc) is 3.00. The predicted molar refractivity (Wildman–Crippen MR) is 80.3 cm³/mol. The number of carbonyl (C=O) groups excluding carboxylic acids is 1. The van der Waals surface area contributed by atoms with Gasteiger partial charge in [0.2, 0.25) is 5.91 Å². The van der Waals surface area contributed by atoms with E-state index in [1.165, 1.54) is 0 Å². The van der Waals surface area contributed by atoms with E-state index in [1.807, 2.05) is 16.8 Å². The zero-order valence-electron chi connectivity index (χ0n) is 11.4. The fraction of sp³-hybridized carbons (Fsp3) is 0.533. The smallest absolute Gasteiger partial charge is 0.223 e. The van der Waals surface area contributed by atoms with Crippen LogP contribution in [-0.4, -0.2) is 42.1 Å². The van der Waals surface area contributed by atoms with E-state index in [9.17, 15) is 9.90 Å². The third-order valence-corrected chi connectivity index (χ3v) is 4.37. The number of likely N-dealkylation sites (tertiary alicyclic amines) is 1. The van der Waals surface area contributed by atoms with Crippen LogP contribution in [0.1, 0.15) is 24.5 Å². The molecule has 20 heavy (non-hydrogen) atoms. The Kier molecular flexibility index (Phi) is 5.60. The third-order valence-electron chi connectivity index (χ3n) is 3.67. The van der Waals surface area contributed by atoms with Crippen LogP contribution >= 0.6 is 11.3 Å². The second kappa shape index (κ2) is 7.44.